The van der Waals surface area contributed by atoms with Crippen molar-refractivity contribution in [2.45, 2.75) is 50.7 Å². The minimum atomic E-state index is -0.151. The van der Waals surface area contributed by atoms with Gasteiger partial charge in [0, 0.05) is 18.6 Å². The van der Waals surface area contributed by atoms with Crippen molar-refractivity contribution >= 4 is 0 Å². The lowest BCUT2D eigenvalue weighted by atomic mass is 9.89. The van der Waals surface area contributed by atoms with Crippen LogP contribution in [0.1, 0.15) is 37.7 Å². The van der Waals surface area contributed by atoms with Gasteiger partial charge in [-0.1, -0.05) is 12.1 Å². The maximum atomic E-state index is 12.9. The molecule has 3 rings (SSSR count). The van der Waals surface area contributed by atoms with Crippen LogP contribution in [0.4, 0.5) is 4.39 Å². The average molecular weight is 276 g/mol. The van der Waals surface area contributed by atoms with E-state index in [4.69, 9.17) is 0 Å². The summed E-state index contributed by atoms with van der Waals surface area (Å²) in [4.78, 5) is 2.36. The fourth-order valence-electron chi connectivity index (χ4n) is 3.79. The lowest BCUT2D eigenvalue weighted by Gasteiger charge is -2.30. The molecule has 1 N–H and O–H groups in total. The molecule has 3 heteroatoms. The second-order valence-electron chi connectivity index (χ2n) is 6.63. The van der Waals surface area contributed by atoms with Gasteiger partial charge in [0.15, 0.2) is 0 Å². The smallest absolute Gasteiger partial charge is 0.123 e. The molecule has 2 bridgehead atoms. The molecule has 2 atom stereocenters. The predicted octanol–water partition coefficient (Wildman–Crippen LogP) is 3.18. The highest BCUT2D eigenvalue weighted by Gasteiger charge is 2.32. The van der Waals surface area contributed by atoms with Gasteiger partial charge in [-0.3, -0.25) is 0 Å². The summed E-state index contributed by atoms with van der Waals surface area (Å²) in [5, 5.41) is 3.70. The number of nitrogens with one attached hydrogen (secondary N) is 1. The zero-order chi connectivity index (χ0) is 13.9. The topological polar surface area (TPSA) is 15.3 Å². The van der Waals surface area contributed by atoms with Crippen LogP contribution in [0.25, 0.3) is 0 Å². The van der Waals surface area contributed by atoms with Gasteiger partial charge in [0.1, 0.15) is 5.82 Å². The van der Waals surface area contributed by atoms with E-state index in [0.29, 0.717) is 0 Å². The largest absolute Gasteiger partial charge is 0.311 e. The minimum absolute atomic E-state index is 0.151. The van der Waals surface area contributed by atoms with Crippen LogP contribution in [0.5, 0.6) is 0 Å². The Bertz CT molecular complexity index is 419. The quantitative estimate of drug-likeness (QED) is 0.888. The van der Waals surface area contributed by atoms with Crippen LogP contribution in [-0.2, 0) is 6.54 Å². The molecule has 1 aromatic rings. The molecule has 0 saturated carbocycles. The van der Waals surface area contributed by atoms with Gasteiger partial charge in [-0.25, -0.2) is 4.39 Å². The van der Waals surface area contributed by atoms with Crippen LogP contribution in [0.3, 0.4) is 0 Å². The summed E-state index contributed by atoms with van der Waals surface area (Å²) in [5.41, 5.74) is 1.19. The Hall–Kier alpha value is -0.930. The van der Waals surface area contributed by atoms with Gasteiger partial charge in [-0.15, -0.1) is 0 Å². The van der Waals surface area contributed by atoms with Crippen molar-refractivity contribution in [2.24, 2.45) is 5.92 Å². The maximum Gasteiger partial charge on any atom is 0.123 e. The molecule has 110 valence electrons. The van der Waals surface area contributed by atoms with Crippen molar-refractivity contribution < 1.29 is 4.39 Å². The highest BCUT2D eigenvalue weighted by atomic mass is 19.1. The summed E-state index contributed by atoms with van der Waals surface area (Å²) in [5.74, 6) is 0.742. The van der Waals surface area contributed by atoms with E-state index in [-0.39, 0.29) is 5.82 Å². The number of piperidine rings is 1. The number of nitrogens with zero attached hydrogens (tertiary/aromatic N) is 1. The molecular formula is C17H25FN2. The summed E-state index contributed by atoms with van der Waals surface area (Å²) in [6.07, 6.45) is 6.79. The number of rotatable bonds is 5. The van der Waals surface area contributed by atoms with Crippen LogP contribution in [0.15, 0.2) is 24.3 Å². The van der Waals surface area contributed by atoms with E-state index in [0.717, 1.165) is 31.1 Å². The Balaban J connectivity index is 1.42. The molecular weight excluding hydrogens is 251 g/mol. The highest BCUT2D eigenvalue weighted by molar-refractivity contribution is 5.15. The monoisotopic (exact) mass is 276 g/mol. The normalized spacial score (nSPS) is 29.1. The first-order valence-corrected chi connectivity index (χ1v) is 7.88. The summed E-state index contributed by atoms with van der Waals surface area (Å²) >= 11 is 0. The number of fused-ring (bicyclic) bond motifs is 2. The van der Waals surface area contributed by atoms with Gasteiger partial charge in [0.05, 0.1) is 0 Å². The third-order valence-electron chi connectivity index (χ3n) is 4.86. The van der Waals surface area contributed by atoms with Gasteiger partial charge in [-0.05, 0) is 69.3 Å². The predicted molar refractivity (Wildman–Crippen MR) is 80.0 cm³/mol. The Morgan fingerprint density at radius 3 is 2.45 bits per heavy atom. The minimum Gasteiger partial charge on any atom is -0.311 e. The van der Waals surface area contributed by atoms with E-state index in [2.05, 4.69) is 17.3 Å². The number of hydrogen-bond acceptors (Lipinski definition) is 2. The van der Waals surface area contributed by atoms with E-state index in [1.807, 2.05) is 12.1 Å². The van der Waals surface area contributed by atoms with Gasteiger partial charge >= 0.3 is 0 Å². The molecule has 2 saturated heterocycles. The Kier molecular flexibility index (Phi) is 4.37. The Morgan fingerprint density at radius 1 is 1.15 bits per heavy atom. The molecule has 2 unspecified atom stereocenters. The molecule has 2 nitrogen and oxygen atoms in total. The number of benzene rings is 1. The van der Waals surface area contributed by atoms with E-state index in [9.17, 15) is 4.39 Å². The zero-order valence-corrected chi connectivity index (χ0v) is 12.3. The van der Waals surface area contributed by atoms with Crippen LogP contribution in [-0.4, -0.2) is 30.6 Å². The summed E-state index contributed by atoms with van der Waals surface area (Å²) in [6.45, 7) is 2.06. The average Bonchev–Trinajstić information content (AvgIpc) is 2.78. The Morgan fingerprint density at radius 2 is 1.80 bits per heavy atom. The van der Waals surface area contributed by atoms with Gasteiger partial charge < -0.3 is 10.2 Å². The van der Waals surface area contributed by atoms with E-state index in [1.165, 1.54) is 37.7 Å². The van der Waals surface area contributed by atoms with Crippen molar-refractivity contribution in [3.05, 3.63) is 35.6 Å². The van der Waals surface area contributed by atoms with E-state index in [1.54, 1.807) is 12.1 Å². The van der Waals surface area contributed by atoms with Crippen LogP contribution in [0.2, 0.25) is 0 Å². The standard InChI is InChI=1S/C17H25FN2/c1-20(12-13-2-4-15(18)5-3-13)9-8-14-10-16-6-7-17(11-14)19-16/h2-5,14,16-17,19H,6-12H2,1H3. The second kappa shape index (κ2) is 6.23. The van der Waals surface area contributed by atoms with Gasteiger partial charge in [-0.2, -0.15) is 0 Å². The van der Waals surface area contributed by atoms with E-state index < -0.39 is 0 Å². The first-order valence-electron chi connectivity index (χ1n) is 7.88. The molecule has 20 heavy (non-hydrogen) atoms. The molecule has 2 fully saturated rings. The highest BCUT2D eigenvalue weighted by Crippen LogP contribution is 2.32. The van der Waals surface area contributed by atoms with Crippen LogP contribution in [0, 0.1) is 11.7 Å². The Labute approximate surface area is 121 Å². The fourth-order valence-corrected chi connectivity index (χ4v) is 3.79. The summed E-state index contributed by atoms with van der Waals surface area (Å²) in [7, 11) is 2.17. The van der Waals surface area contributed by atoms with Crippen molar-refractivity contribution in [1.82, 2.24) is 10.2 Å². The second-order valence-corrected chi connectivity index (χ2v) is 6.63. The van der Waals surface area contributed by atoms with Crippen molar-refractivity contribution in [2.75, 3.05) is 13.6 Å². The molecule has 0 aromatic heterocycles. The molecule has 2 aliphatic heterocycles. The van der Waals surface area contributed by atoms with Crippen LogP contribution >= 0.6 is 0 Å². The molecule has 2 heterocycles. The number of halogens is 1. The molecule has 0 spiro atoms. The van der Waals surface area contributed by atoms with Gasteiger partial charge in [0.25, 0.3) is 0 Å². The molecule has 0 amide bonds. The molecule has 0 radical (unpaired) electrons. The lowest BCUT2D eigenvalue weighted by molar-refractivity contribution is 0.238. The van der Waals surface area contributed by atoms with Crippen LogP contribution < -0.4 is 5.32 Å². The third-order valence-corrected chi connectivity index (χ3v) is 4.86. The maximum absolute atomic E-state index is 12.9. The zero-order valence-electron chi connectivity index (χ0n) is 12.3. The summed E-state index contributed by atoms with van der Waals surface area (Å²) in [6, 6.07) is 8.46. The van der Waals surface area contributed by atoms with Crippen molar-refractivity contribution in [3.63, 3.8) is 0 Å². The number of hydrogen-bond donors (Lipinski definition) is 1. The summed E-state index contributed by atoms with van der Waals surface area (Å²) < 4.78 is 12.9. The fraction of sp³-hybridized carbons (Fsp3) is 0.647. The molecule has 1 aromatic carbocycles. The first kappa shape index (κ1) is 14.0. The first-order chi connectivity index (χ1) is 9.69. The SMILES string of the molecule is CN(CCC1CC2CCC(C1)N2)Cc1ccc(F)cc1. The third kappa shape index (κ3) is 3.58. The van der Waals surface area contributed by atoms with Gasteiger partial charge in [0.2, 0.25) is 0 Å². The van der Waals surface area contributed by atoms with E-state index >= 15 is 0 Å². The lowest BCUT2D eigenvalue weighted by Crippen LogP contribution is -2.38. The van der Waals surface area contributed by atoms with Crippen molar-refractivity contribution in [3.8, 4) is 0 Å². The van der Waals surface area contributed by atoms with Crippen molar-refractivity contribution in [1.29, 1.82) is 0 Å². The molecule has 2 aliphatic rings. The molecule has 0 aliphatic carbocycles.